The fourth-order valence-electron chi connectivity index (χ4n) is 6.00. The molecule has 1 saturated carbocycles. The lowest BCUT2D eigenvalue weighted by Crippen LogP contribution is -2.57. The summed E-state index contributed by atoms with van der Waals surface area (Å²) in [5.74, 6) is 1.01. The maximum atomic E-state index is 13.0. The second-order valence-electron chi connectivity index (χ2n) is 10.5. The second kappa shape index (κ2) is 7.58. The summed E-state index contributed by atoms with van der Waals surface area (Å²) in [7, 11) is 5.94. The van der Waals surface area contributed by atoms with Gasteiger partial charge in [-0.25, -0.2) is 0 Å². The van der Waals surface area contributed by atoms with Crippen molar-refractivity contribution in [3.05, 3.63) is 71.8 Å². The molecular weight excluding hydrogens is 450 g/mol. The fourth-order valence-corrected chi connectivity index (χ4v) is 6.00. The molecule has 1 amide bonds. The first kappa shape index (κ1) is 21.4. The summed E-state index contributed by atoms with van der Waals surface area (Å²) in [6.07, 6.45) is 0.804. The van der Waals surface area contributed by atoms with E-state index in [2.05, 4.69) is 81.9 Å². The van der Waals surface area contributed by atoms with Gasteiger partial charge in [0, 0.05) is 47.4 Å². The summed E-state index contributed by atoms with van der Waals surface area (Å²) in [6.45, 7) is 2.14. The molecule has 1 spiro atoms. The zero-order valence-corrected chi connectivity index (χ0v) is 20.7. The molecule has 36 heavy (non-hydrogen) atoms. The molecule has 0 radical (unpaired) electrons. The number of ether oxygens (including phenoxy) is 1. The van der Waals surface area contributed by atoms with Crippen molar-refractivity contribution in [1.82, 2.24) is 15.1 Å². The molecule has 2 aliphatic heterocycles. The number of nitrogens with zero attached hydrogens (tertiary/aromatic N) is 3. The Hall–Kier alpha value is -3.84. The van der Waals surface area contributed by atoms with Crippen LogP contribution in [-0.2, 0) is 10.2 Å². The summed E-state index contributed by atoms with van der Waals surface area (Å²) in [4.78, 5) is 17.7. The molecule has 4 aromatic rings. The third kappa shape index (κ3) is 3.02. The highest BCUT2D eigenvalue weighted by Crippen LogP contribution is 2.65. The first-order valence-electron chi connectivity index (χ1n) is 12.5. The number of fused-ring (bicyclic) bond motifs is 3. The molecule has 3 heterocycles. The predicted molar refractivity (Wildman–Crippen MR) is 142 cm³/mol. The zero-order chi connectivity index (χ0) is 24.6. The van der Waals surface area contributed by atoms with Gasteiger partial charge >= 0.3 is 0 Å². The van der Waals surface area contributed by atoms with Crippen LogP contribution in [0.3, 0.4) is 0 Å². The topological polar surface area (TPSA) is 73.5 Å². The van der Waals surface area contributed by atoms with E-state index in [0.717, 1.165) is 64.2 Å². The molecule has 1 aliphatic carbocycles. The largest absolute Gasteiger partial charge is 0.497 e. The molecule has 7 heteroatoms. The van der Waals surface area contributed by atoms with Gasteiger partial charge in [-0.05, 0) is 68.0 Å². The molecule has 3 aromatic carbocycles. The van der Waals surface area contributed by atoms with E-state index in [1.165, 1.54) is 5.69 Å². The van der Waals surface area contributed by atoms with Crippen LogP contribution in [0.4, 0.5) is 11.4 Å². The number of carbonyl (C=O) groups excluding carboxylic acids is 1. The molecule has 1 saturated heterocycles. The van der Waals surface area contributed by atoms with E-state index in [9.17, 15) is 4.79 Å². The number of anilines is 2. The van der Waals surface area contributed by atoms with E-state index in [-0.39, 0.29) is 11.8 Å². The Morgan fingerprint density at radius 2 is 1.86 bits per heavy atom. The minimum atomic E-state index is -0.501. The Morgan fingerprint density at radius 3 is 2.61 bits per heavy atom. The first-order chi connectivity index (χ1) is 17.5. The van der Waals surface area contributed by atoms with Crippen molar-refractivity contribution in [2.24, 2.45) is 0 Å². The number of hydrogen-bond acceptors (Lipinski definition) is 5. The fraction of sp³-hybridized carbons (Fsp3) is 0.310. The van der Waals surface area contributed by atoms with Crippen LogP contribution in [0, 0.1) is 0 Å². The lowest BCUT2D eigenvalue weighted by atomic mass is 9.91. The van der Waals surface area contributed by atoms with E-state index in [1.54, 1.807) is 7.11 Å². The molecule has 182 valence electrons. The van der Waals surface area contributed by atoms with Gasteiger partial charge < -0.3 is 19.9 Å². The SMILES string of the molecule is COc1ccc2c(c1)[C@]1(C[C@H]1c1ccc3c(-c4ccc(N5CC(N(C)C)C5)cc4)n[nH]c3c1)C(=O)N2. The van der Waals surface area contributed by atoms with E-state index >= 15 is 0 Å². The standard InChI is InChI=1S/C29H29N5O2/c1-33(2)20-15-34(16-20)19-7-4-17(5-8-19)27-22-10-6-18(12-26(22)31-32-27)24-14-29(24)23-13-21(36-3)9-11-25(23)30-28(29)35/h4-13,20,24H,14-16H2,1-3H3,(H,30,35)(H,31,32)/t24-,29-/m0/s1. The van der Waals surface area contributed by atoms with Crippen LogP contribution in [0.1, 0.15) is 23.5 Å². The smallest absolute Gasteiger partial charge is 0.235 e. The molecule has 2 atom stereocenters. The molecule has 7 nitrogen and oxygen atoms in total. The lowest BCUT2D eigenvalue weighted by Gasteiger charge is -2.44. The Bertz CT molecular complexity index is 1500. The van der Waals surface area contributed by atoms with Crippen molar-refractivity contribution in [3.63, 3.8) is 0 Å². The van der Waals surface area contributed by atoms with Gasteiger partial charge in [0.1, 0.15) is 5.75 Å². The van der Waals surface area contributed by atoms with E-state index in [4.69, 9.17) is 4.74 Å². The number of methoxy groups -OCH3 is 1. The number of aromatic nitrogens is 2. The van der Waals surface area contributed by atoms with E-state index in [1.807, 2.05) is 18.2 Å². The minimum absolute atomic E-state index is 0.0837. The molecule has 0 unspecified atom stereocenters. The number of benzene rings is 3. The van der Waals surface area contributed by atoms with Crippen LogP contribution in [0.2, 0.25) is 0 Å². The van der Waals surface area contributed by atoms with Crippen LogP contribution < -0.4 is 15.0 Å². The normalized spacial score (nSPS) is 22.7. The van der Waals surface area contributed by atoms with Gasteiger partial charge in [-0.2, -0.15) is 5.10 Å². The first-order valence-corrected chi connectivity index (χ1v) is 12.5. The van der Waals surface area contributed by atoms with Gasteiger partial charge in [-0.15, -0.1) is 0 Å². The number of H-pyrrole nitrogens is 1. The number of likely N-dealkylation sites (N-methyl/N-ethyl adjacent to an activating group) is 1. The highest BCUT2D eigenvalue weighted by molar-refractivity contribution is 6.10. The van der Waals surface area contributed by atoms with Crippen LogP contribution in [0.25, 0.3) is 22.2 Å². The van der Waals surface area contributed by atoms with Gasteiger partial charge in [0.15, 0.2) is 0 Å². The zero-order valence-electron chi connectivity index (χ0n) is 20.7. The number of hydrogen-bond donors (Lipinski definition) is 2. The van der Waals surface area contributed by atoms with Crippen LogP contribution in [-0.4, -0.2) is 61.3 Å². The average molecular weight is 480 g/mol. The monoisotopic (exact) mass is 479 g/mol. The molecule has 2 N–H and O–H groups in total. The summed E-state index contributed by atoms with van der Waals surface area (Å²) in [5, 5.41) is 12.0. The summed E-state index contributed by atoms with van der Waals surface area (Å²) in [6, 6.07) is 21.6. The minimum Gasteiger partial charge on any atom is -0.497 e. The van der Waals surface area contributed by atoms with Gasteiger partial charge in [0.2, 0.25) is 5.91 Å². The lowest BCUT2D eigenvalue weighted by molar-refractivity contribution is -0.118. The number of aromatic amines is 1. The Labute approximate surface area is 210 Å². The maximum Gasteiger partial charge on any atom is 0.235 e. The highest BCUT2D eigenvalue weighted by atomic mass is 16.5. The van der Waals surface area contributed by atoms with Crippen molar-refractivity contribution >= 4 is 28.2 Å². The molecule has 0 bridgehead atoms. The predicted octanol–water partition coefficient (Wildman–Crippen LogP) is 4.37. The quantitative estimate of drug-likeness (QED) is 0.445. The van der Waals surface area contributed by atoms with Crippen molar-refractivity contribution in [2.75, 3.05) is 44.5 Å². The van der Waals surface area contributed by atoms with Crippen molar-refractivity contribution < 1.29 is 9.53 Å². The van der Waals surface area contributed by atoms with E-state index < -0.39 is 5.41 Å². The van der Waals surface area contributed by atoms with Crippen molar-refractivity contribution in [2.45, 2.75) is 23.8 Å². The summed E-state index contributed by atoms with van der Waals surface area (Å²) in [5.41, 5.74) is 6.90. The highest BCUT2D eigenvalue weighted by Gasteiger charge is 2.65. The number of carbonyl (C=O) groups is 1. The molecular formula is C29H29N5O2. The second-order valence-corrected chi connectivity index (χ2v) is 10.5. The molecule has 1 aromatic heterocycles. The Morgan fingerprint density at radius 1 is 1.06 bits per heavy atom. The molecule has 7 rings (SSSR count). The maximum absolute atomic E-state index is 13.0. The number of rotatable bonds is 5. The summed E-state index contributed by atoms with van der Waals surface area (Å²) < 4.78 is 5.43. The molecule has 2 fully saturated rings. The number of nitrogens with one attached hydrogen (secondary N) is 2. The third-order valence-corrected chi connectivity index (χ3v) is 8.41. The van der Waals surface area contributed by atoms with Gasteiger partial charge in [0.25, 0.3) is 0 Å². The Balaban J connectivity index is 1.15. The van der Waals surface area contributed by atoms with Gasteiger partial charge in [0.05, 0.1) is 23.7 Å². The van der Waals surface area contributed by atoms with Crippen molar-refractivity contribution in [3.8, 4) is 17.0 Å². The van der Waals surface area contributed by atoms with Crippen LogP contribution in [0.5, 0.6) is 5.75 Å². The third-order valence-electron chi connectivity index (χ3n) is 8.41. The van der Waals surface area contributed by atoms with Crippen LogP contribution >= 0.6 is 0 Å². The van der Waals surface area contributed by atoms with Gasteiger partial charge in [-0.3, -0.25) is 9.89 Å². The Kier molecular flexibility index (Phi) is 4.51. The molecule has 3 aliphatic rings. The summed E-state index contributed by atoms with van der Waals surface area (Å²) >= 11 is 0. The van der Waals surface area contributed by atoms with Crippen LogP contribution in [0.15, 0.2) is 60.7 Å². The van der Waals surface area contributed by atoms with Gasteiger partial charge in [-0.1, -0.05) is 24.3 Å². The van der Waals surface area contributed by atoms with E-state index in [0.29, 0.717) is 6.04 Å². The van der Waals surface area contributed by atoms with Crippen molar-refractivity contribution in [1.29, 1.82) is 0 Å². The number of amides is 1. The average Bonchev–Trinajstić information content (AvgIpc) is 3.38.